The molecule has 1 atom stereocenters. The van der Waals surface area contributed by atoms with Gasteiger partial charge in [0, 0.05) is 0 Å². The molecule has 0 radical (unpaired) electrons. The van der Waals surface area contributed by atoms with E-state index in [9.17, 15) is 18.3 Å². The number of hydrogen-bond donors (Lipinski definition) is 1. The lowest BCUT2D eigenvalue weighted by molar-refractivity contribution is -0.243. The van der Waals surface area contributed by atoms with Crippen LogP contribution < -0.4 is 0 Å². The third kappa shape index (κ3) is 1.86. The lowest BCUT2D eigenvalue weighted by atomic mass is 9.68. The maximum absolute atomic E-state index is 11.9. The van der Waals surface area contributed by atoms with Crippen LogP contribution in [0.15, 0.2) is 0 Å². The standard InChI is InChI=1S/C10H16O6S/c1-15-8(11)9(10(12)5-16-6-10)3-2-4-17(13,14)7-9/h12H,2-7H2,1H3. The van der Waals surface area contributed by atoms with Crippen LogP contribution >= 0.6 is 0 Å². The highest BCUT2D eigenvalue weighted by atomic mass is 32.2. The van der Waals surface area contributed by atoms with Crippen molar-refractivity contribution in [1.82, 2.24) is 0 Å². The molecule has 0 bridgehead atoms. The van der Waals surface area contributed by atoms with Gasteiger partial charge in [-0.2, -0.15) is 0 Å². The average Bonchev–Trinajstić information content (AvgIpc) is 2.23. The summed E-state index contributed by atoms with van der Waals surface area (Å²) >= 11 is 0. The van der Waals surface area contributed by atoms with Crippen LogP contribution in [-0.4, -0.2) is 56.9 Å². The van der Waals surface area contributed by atoms with Crippen LogP contribution in [0.4, 0.5) is 0 Å². The Bertz CT molecular complexity index is 424. The largest absolute Gasteiger partial charge is 0.468 e. The molecule has 2 rings (SSSR count). The Labute approximate surface area is 99.8 Å². The number of ether oxygens (including phenoxy) is 2. The molecule has 98 valence electrons. The number of sulfone groups is 1. The molecule has 7 heteroatoms. The van der Waals surface area contributed by atoms with Crippen molar-refractivity contribution >= 4 is 15.8 Å². The molecule has 0 amide bonds. The molecule has 1 N–H and O–H groups in total. The van der Waals surface area contributed by atoms with Crippen LogP contribution in [0, 0.1) is 5.41 Å². The van der Waals surface area contributed by atoms with E-state index in [0.29, 0.717) is 12.8 Å². The number of hydrogen-bond acceptors (Lipinski definition) is 6. The van der Waals surface area contributed by atoms with E-state index >= 15 is 0 Å². The van der Waals surface area contributed by atoms with Crippen molar-refractivity contribution < 1.29 is 27.8 Å². The highest BCUT2D eigenvalue weighted by Crippen LogP contribution is 2.45. The van der Waals surface area contributed by atoms with Gasteiger partial charge < -0.3 is 14.6 Å². The van der Waals surface area contributed by atoms with Crippen molar-refractivity contribution in [3.05, 3.63) is 0 Å². The molecule has 2 aliphatic rings. The first-order chi connectivity index (χ1) is 7.85. The third-order valence-electron chi connectivity index (χ3n) is 3.67. The summed E-state index contributed by atoms with van der Waals surface area (Å²) in [5.74, 6) is -0.957. The molecule has 0 saturated carbocycles. The zero-order valence-electron chi connectivity index (χ0n) is 9.64. The van der Waals surface area contributed by atoms with Gasteiger partial charge in [-0.05, 0) is 12.8 Å². The van der Waals surface area contributed by atoms with Crippen molar-refractivity contribution in [2.45, 2.75) is 18.4 Å². The first-order valence-corrected chi connectivity index (χ1v) is 7.26. The normalized spacial score (nSPS) is 34.7. The highest BCUT2D eigenvalue weighted by molar-refractivity contribution is 7.91. The zero-order valence-corrected chi connectivity index (χ0v) is 10.5. The molecule has 0 aliphatic carbocycles. The molecule has 2 aliphatic heterocycles. The molecule has 0 aromatic heterocycles. The lowest BCUT2D eigenvalue weighted by Gasteiger charge is -2.50. The number of rotatable bonds is 2. The van der Waals surface area contributed by atoms with E-state index in [-0.39, 0.29) is 24.7 Å². The first-order valence-electron chi connectivity index (χ1n) is 5.44. The molecule has 0 aromatic rings. The van der Waals surface area contributed by atoms with Gasteiger partial charge in [0.15, 0.2) is 9.84 Å². The average molecular weight is 264 g/mol. The Hall–Kier alpha value is -0.660. The van der Waals surface area contributed by atoms with Crippen molar-refractivity contribution in [3.8, 4) is 0 Å². The van der Waals surface area contributed by atoms with Crippen LogP contribution in [0.3, 0.4) is 0 Å². The van der Waals surface area contributed by atoms with Gasteiger partial charge in [-0.15, -0.1) is 0 Å². The van der Waals surface area contributed by atoms with Crippen LogP contribution in [-0.2, 0) is 24.1 Å². The fraction of sp³-hybridized carbons (Fsp3) is 0.900. The summed E-state index contributed by atoms with van der Waals surface area (Å²) in [5, 5.41) is 10.3. The van der Waals surface area contributed by atoms with Crippen LogP contribution in [0.1, 0.15) is 12.8 Å². The lowest BCUT2D eigenvalue weighted by Crippen LogP contribution is -2.68. The Balaban J connectivity index is 2.40. The fourth-order valence-corrected chi connectivity index (χ4v) is 4.61. The number of carbonyl (C=O) groups excluding carboxylic acids is 1. The Morgan fingerprint density at radius 1 is 1.41 bits per heavy atom. The predicted octanol–water partition coefficient (Wildman–Crippen LogP) is -0.884. The Morgan fingerprint density at radius 2 is 2.06 bits per heavy atom. The van der Waals surface area contributed by atoms with Crippen molar-refractivity contribution in [2.75, 3.05) is 31.8 Å². The van der Waals surface area contributed by atoms with Crippen LogP contribution in [0.2, 0.25) is 0 Å². The van der Waals surface area contributed by atoms with E-state index in [1.807, 2.05) is 0 Å². The summed E-state index contributed by atoms with van der Waals surface area (Å²) < 4.78 is 33.0. The zero-order chi connectivity index (χ0) is 12.7. The van der Waals surface area contributed by atoms with E-state index in [1.165, 1.54) is 7.11 Å². The smallest absolute Gasteiger partial charge is 0.315 e. The molecule has 1 unspecified atom stereocenters. The fourth-order valence-electron chi connectivity index (χ4n) is 2.60. The molecule has 2 fully saturated rings. The third-order valence-corrected chi connectivity index (χ3v) is 5.52. The summed E-state index contributed by atoms with van der Waals surface area (Å²) in [6, 6.07) is 0. The highest BCUT2D eigenvalue weighted by Gasteiger charge is 2.63. The summed E-state index contributed by atoms with van der Waals surface area (Å²) in [7, 11) is -2.12. The summed E-state index contributed by atoms with van der Waals surface area (Å²) in [5.41, 5.74) is -2.77. The van der Waals surface area contributed by atoms with E-state index < -0.39 is 26.8 Å². The van der Waals surface area contributed by atoms with Gasteiger partial charge in [-0.25, -0.2) is 8.42 Å². The molecule has 2 saturated heterocycles. The molecule has 2 heterocycles. The van der Waals surface area contributed by atoms with E-state index in [0.717, 1.165) is 0 Å². The van der Waals surface area contributed by atoms with Crippen LogP contribution in [0.5, 0.6) is 0 Å². The monoisotopic (exact) mass is 264 g/mol. The summed E-state index contributed by atoms with van der Waals surface area (Å²) in [6.07, 6.45) is 0.679. The van der Waals surface area contributed by atoms with E-state index in [1.54, 1.807) is 0 Å². The first kappa shape index (κ1) is 12.8. The molecule has 6 nitrogen and oxygen atoms in total. The second-order valence-corrected chi connectivity index (χ2v) is 6.98. The molecular formula is C10H16O6S. The minimum atomic E-state index is -3.32. The van der Waals surface area contributed by atoms with Gasteiger partial charge >= 0.3 is 5.97 Å². The molecule has 17 heavy (non-hydrogen) atoms. The maximum Gasteiger partial charge on any atom is 0.315 e. The number of methoxy groups -OCH3 is 1. The van der Waals surface area contributed by atoms with E-state index in [2.05, 4.69) is 4.74 Å². The maximum atomic E-state index is 11.9. The van der Waals surface area contributed by atoms with Crippen molar-refractivity contribution in [1.29, 1.82) is 0 Å². The van der Waals surface area contributed by atoms with E-state index in [4.69, 9.17) is 4.74 Å². The Morgan fingerprint density at radius 3 is 2.47 bits per heavy atom. The number of carbonyl (C=O) groups is 1. The second-order valence-electron chi connectivity index (χ2n) is 4.79. The second kappa shape index (κ2) is 3.93. The molecular weight excluding hydrogens is 248 g/mol. The number of esters is 1. The summed E-state index contributed by atoms with van der Waals surface area (Å²) in [4.78, 5) is 11.9. The molecule has 0 aromatic carbocycles. The van der Waals surface area contributed by atoms with Gasteiger partial charge in [0.1, 0.15) is 11.0 Å². The topological polar surface area (TPSA) is 89.9 Å². The van der Waals surface area contributed by atoms with Crippen molar-refractivity contribution in [2.24, 2.45) is 5.41 Å². The predicted molar refractivity (Wildman–Crippen MR) is 58.1 cm³/mol. The van der Waals surface area contributed by atoms with Crippen LogP contribution in [0.25, 0.3) is 0 Å². The van der Waals surface area contributed by atoms with Gasteiger partial charge in [0.2, 0.25) is 0 Å². The minimum absolute atomic E-state index is 0.0162. The SMILES string of the molecule is COC(=O)C1(C2(O)COC2)CCCS(=O)(=O)C1. The van der Waals surface area contributed by atoms with Gasteiger partial charge in [0.25, 0.3) is 0 Å². The minimum Gasteiger partial charge on any atom is -0.468 e. The van der Waals surface area contributed by atoms with Gasteiger partial charge in [-0.3, -0.25) is 4.79 Å². The van der Waals surface area contributed by atoms with Crippen molar-refractivity contribution in [3.63, 3.8) is 0 Å². The Kier molecular flexibility index (Phi) is 2.95. The van der Waals surface area contributed by atoms with Gasteiger partial charge in [0.05, 0.1) is 31.8 Å². The number of aliphatic hydroxyl groups is 1. The quantitative estimate of drug-likeness (QED) is 0.651. The van der Waals surface area contributed by atoms with Gasteiger partial charge in [-0.1, -0.05) is 0 Å². The molecule has 0 spiro atoms. The summed E-state index contributed by atoms with van der Waals surface area (Å²) in [6.45, 7) is -0.0325.